The number of hydrogen-bond donors (Lipinski definition) is 1. The van der Waals surface area contributed by atoms with Gasteiger partial charge in [0.1, 0.15) is 13.2 Å². The van der Waals surface area contributed by atoms with Crippen molar-refractivity contribution in [1.29, 1.82) is 0 Å². The van der Waals surface area contributed by atoms with Crippen molar-refractivity contribution >= 4 is 62.5 Å². The first-order chi connectivity index (χ1) is 21.0. The number of ether oxygens (including phenoxy) is 3. The van der Waals surface area contributed by atoms with Crippen molar-refractivity contribution in [1.82, 2.24) is 0 Å². The van der Waals surface area contributed by atoms with Crippen LogP contribution >= 0.6 is 15.9 Å². The van der Waals surface area contributed by atoms with Gasteiger partial charge in [0.2, 0.25) is 0 Å². The van der Waals surface area contributed by atoms with E-state index < -0.39 is 15.9 Å². The van der Waals surface area contributed by atoms with Crippen molar-refractivity contribution in [3.63, 3.8) is 0 Å². The van der Waals surface area contributed by atoms with E-state index in [2.05, 4.69) is 20.7 Å². The minimum absolute atomic E-state index is 0.00585. The van der Waals surface area contributed by atoms with Crippen LogP contribution in [0.2, 0.25) is 0 Å². The number of amides is 2. The highest BCUT2D eigenvalue weighted by molar-refractivity contribution is 9.10. The number of cyclic esters (lactones) is 3. The van der Waals surface area contributed by atoms with Gasteiger partial charge in [0.25, 0.3) is 11.4 Å². The second-order valence-corrected chi connectivity index (χ2v) is 9.87. The van der Waals surface area contributed by atoms with Crippen LogP contribution in [0.3, 0.4) is 0 Å². The molecule has 0 aliphatic carbocycles. The number of rotatable bonds is 4. The lowest BCUT2D eigenvalue weighted by Crippen LogP contribution is -2.23. The second-order valence-electron chi connectivity index (χ2n) is 8.95. The van der Waals surface area contributed by atoms with Gasteiger partial charge in [-0.2, -0.15) is 0 Å². The standard InChI is InChI=1S/C9H8N2O4.C9H10N2O2.C6H4BrNO2.C4H6O2/c12-9-10(5-6-15-9)7-1-3-8(4-2-7)11(13)14;10-7-1-3-8(4-2-7)11-5-6-13-9(11)12;7-5-1-3-6(4-2-5)8(9)10;5-4-2-1-3-6-4/h1-4H,5-6H2;1-4H,5-6,10H2;1-4H;1-3H2. The Morgan fingerprint density at radius 1 is 0.659 bits per heavy atom. The number of non-ortho nitro benzene ring substituents is 2. The molecular formula is C28H28BrN5O10. The maximum absolute atomic E-state index is 11.2. The number of carbonyl (C=O) groups excluding carboxylic acids is 3. The number of nitro groups is 2. The van der Waals surface area contributed by atoms with Crippen LogP contribution in [0.25, 0.3) is 0 Å². The third-order valence-corrected chi connectivity index (χ3v) is 6.45. The fourth-order valence-electron chi connectivity index (χ4n) is 3.70. The van der Waals surface area contributed by atoms with Gasteiger partial charge in [-0.1, -0.05) is 15.9 Å². The molecule has 3 heterocycles. The Hall–Kier alpha value is -5.25. The Balaban J connectivity index is 0.000000167. The molecule has 3 aromatic rings. The Bertz CT molecular complexity index is 1450. The minimum Gasteiger partial charge on any atom is -0.466 e. The minimum atomic E-state index is -0.480. The van der Waals surface area contributed by atoms with E-state index in [0.717, 1.165) is 16.6 Å². The zero-order chi connectivity index (χ0) is 32.1. The van der Waals surface area contributed by atoms with E-state index in [1.165, 1.54) is 41.3 Å². The summed E-state index contributed by atoms with van der Waals surface area (Å²) in [4.78, 5) is 54.9. The lowest BCUT2D eigenvalue weighted by Gasteiger charge is -2.11. The summed E-state index contributed by atoms with van der Waals surface area (Å²) in [6.07, 6.45) is 0.840. The normalized spacial score (nSPS) is 14.9. The number of esters is 1. The zero-order valence-corrected chi connectivity index (χ0v) is 24.8. The predicted molar refractivity (Wildman–Crippen MR) is 162 cm³/mol. The highest BCUT2D eigenvalue weighted by Crippen LogP contribution is 2.22. The largest absolute Gasteiger partial charge is 0.466 e. The monoisotopic (exact) mass is 673 g/mol. The van der Waals surface area contributed by atoms with Crippen molar-refractivity contribution in [3.05, 3.63) is 97.5 Å². The summed E-state index contributed by atoms with van der Waals surface area (Å²) in [6.45, 7) is 2.55. The first kappa shape index (κ1) is 33.3. The molecule has 2 amide bonds. The van der Waals surface area contributed by atoms with E-state index in [1.54, 1.807) is 29.2 Å². The molecule has 15 nitrogen and oxygen atoms in total. The lowest BCUT2D eigenvalue weighted by atomic mass is 10.2. The smallest absolute Gasteiger partial charge is 0.414 e. The van der Waals surface area contributed by atoms with Gasteiger partial charge in [-0.25, -0.2) is 9.59 Å². The molecule has 2 N–H and O–H groups in total. The Morgan fingerprint density at radius 3 is 1.41 bits per heavy atom. The summed E-state index contributed by atoms with van der Waals surface area (Å²) in [5.41, 5.74) is 7.78. The number of benzene rings is 3. The van der Waals surface area contributed by atoms with Crippen molar-refractivity contribution < 1.29 is 38.4 Å². The third-order valence-electron chi connectivity index (χ3n) is 5.92. The molecule has 0 unspecified atom stereocenters. The van der Waals surface area contributed by atoms with Crippen LogP contribution in [-0.2, 0) is 19.0 Å². The van der Waals surface area contributed by atoms with Gasteiger partial charge < -0.3 is 19.9 Å². The maximum atomic E-state index is 11.2. The molecule has 0 bridgehead atoms. The van der Waals surface area contributed by atoms with Gasteiger partial charge in [-0.05, 0) is 55.0 Å². The molecule has 232 valence electrons. The van der Waals surface area contributed by atoms with Crippen molar-refractivity contribution in [2.24, 2.45) is 0 Å². The van der Waals surface area contributed by atoms with E-state index in [9.17, 15) is 34.6 Å². The predicted octanol–water partition coefficient (Wildman–Crippen LogP) is 5.46. The SMILES string of the molecule is Nc1ccc(N2CCOC2=O)cc1.O=C1CCCO1.O=C1OCCN1c1ccc([N+](=O)[O-])cc1.O=[N+]([O-])c1ccc(Br)cc1. The van der Waals surface area contributed by atoms with Crippen LogP contribution in [0.4, 0.5) is 38.0 Å². The molecule has 44 heavy (non-hydrogen) atoms. The fraction of sp³-hybridized carbons (Fsp3) is 0.250. The Kier molecular flexibility index (Phi) is 12.4. The summed E-state index contributed by atoms with van der Waals surface area (Å²) >= 11 is 3.17. The average molecular weight is 674 g/mol. The molecule has 0 radical (unpaired) electrons. The maximum Gasteiger partial charge on any atom is 0.414 e. The molecule has 16 heteroatoms. The van der Waals surface area contributed by atoms with Gasteiger partial charge in [-0.3, -0.25) is 34.8 Å². The highest BCUT2D eigenvalue weighted by atomic mass is 79.9. The topological polar surface area (TPSA) is 198 Å². The van der Waals surface area contributed by atoms with Gasteiger partial charge in [0.15, 0.2) is 0 Å². The second kappa shape index (κ2) is 16.4. The van der Waals surface area contributed by atoms with Crippen LogP contribution in [-0.4, -0.2) is 60.9 Å². The van der Waals surface area contributed by atoms with Crippen molar-refractivity contribution in [3.8, 4) is 0 Å². The van der Waals surface area contributed by atoms with Gasteiger partial charge >= 0.3 is 18.2 Å². The number of nitrogen functional groups attached to an aromatic ring is 1. The molecule has 3 aromatic carbocycles. The molecule has 3 fully saturated rings. The molecule has 0 spiro atoms. The molecule has 0 saturated carbocycles. The number of nitrogens with two attached hydrogens (primary N) is 1. The molecule has 3 aliphatic heterocycles. The quantitative estimate of drug-likeness (QED) is 0.121. The molecule has 3 aliphatic rings. The number of nitrogens with zero attached hydrogens (tertiary/aromatic N) is 4. The van der Waals surface area contributed by atoms with E-state index in [1.807, 2.05) is 12.1 Å². The number of anilines is 3. The molecular weight excluding hydrogens is 646 g/mol. The molecule has 3 saturated heterocycles. The van der Waals surface area contributed by atoms with E-state index >= 15 is 0 Å². The zero-order valence-electron chi connectivity index (χ0n) is 23.2. The fourth-order valence-corrected chi connectivity index (χ4v) is 3.97. The summed E-state index contributed by atoms with van der Waals surface area (Å²) in [6, 6.07) is 19.1. The van der Waals surface area contributed by atoms with Gasteiger partial charge in [-0.15, -0.1) is 0 Å². The molecule has 0 aromatic heterocycles. The summed E-state index contributed by atoms with van der Waals surface area (Å²) in [5, 5.41) is 20.5. The summed E-state index contributed by atoms with van der Waals surface area (Å²) < 4.78 is 14.9. The highest BCUT2D eigenvalue weighted by Gasteiger charge is 2.24. The average Bonchev–Trinajstić information content (AvgIpc) is 3.78. The third kappa shape index (κ3) is 10.2. The van der Waals surface area contributed by atoms with Crippen LogP contribution in [0.1, 0.15) is 12.8 Å². The Morgan fingerprint density at radius 2 is 1.09 bits per heavy atom. The van der Waals surface area contributed by atoms with E-state index in [4.69, 9.17) is 15.2 Å². The van der Waals surface area contributed by atoms with Crippen LogP contribution < -0.4 is 15.5 Å². The lowest BCUT2D eigenvalue weighted by molar-refractivity contribution is -0.385. The first-order valence-corrected chi connectivity index (χ1v) is 13.9. The van der Waals surface area contributed by atoms with Crippen molar-refractivity contribution in [2.45, 2.75) is 12.8 Å². The van der Waals surface area contributed by atoms with E-state index in [0.29, 0.717) is 50.7 Å². The number of halogens is 1. The summed E-state index contributed by atoms with van der Waals surface area (Å²) in [7, 11) is 0. The van der Waals surface area contributed by atoms with Crippen molar-refractivity contribution in [2.75, 3.05) is 48.4 Å². The first-order valence-electron chi connectivity index (χ1n) is 13.1. The van der Waals surface area contributed by atoms with Crippen LogP contribution in [0.15, 0.2) is 77.3 Å². The van der Waals surface area contributed by atoms with Crippen LogP contribution in [0, 0.1) is 20.2 Å². The summed E-state index contributed by atoms with van der Waals surface area (Å²) in [5.74, 6) is -0.0463. The number of carbonyl (C=O) groups is 3. The number of nitro benzene ring substituents is 2. The molecule has 6 rings (SSSR count). The Labute approximate surface area is 259 Å². The van der Waals surface area contributed by atoms with Crippen LogP contribution in [0.5, 0.6) is 0 Å². The van der Waals surface area contributed by atoms with Gasteiger partial charge in [0.05, 0.1) is 29.5 Å². The van der Waals surface area contributed by atoms with E-state index in [-0.39, 0.29) is 23.4 Å². The van der Waals surface area contributed by atoms with Gasteiger partial charge in [0, 0.05) is 52.2 Å². The molecule has 0 atom stereocenters. The number of hydrogen-bond acceptors (Lipinski definition) is 11.